The lowest BCUT2D eigenvalue weighted by Crippen LogP contribution is -2.47. The van der Waals surface area contributed by atoms with Gasteiger partial charge in [-0.25, -0.2) is 4.98 Å². The molecule has 0 aliphatic heterocycles. The average molecular weight is 275 g/mol. The van der Waals surface area contributed by atoms with E-state index in [0.29, 0.717) is 10.6 Å². The van der Waals surface area contributed by atoms with Crippen molar-refractivity contribution >= 4 is 29.1 Å². The number of ether oxygens (including phenoxy) is 1. The maximum absolute atomic E-state index is 11.9. The molecule has 0 radical (unpaired) electrons. The number of rotatable bonds is 3. The van der Waals surface area contributed by atoms with Crippen LogP contribution < -0.4 is 5.32 Å². The summed E-state index contributed by atoms with van der Waals surface area (Å²) in [4.78, 5) is 15.7. The van der Waals surface area contributed by atoms with Crippen molar-refractivity contribution in [3.8, 4) is 0 Å². The summed E-state index contributed by atoms with van der Waals surface area (Å²) < 4.78 is 5.14. The molecule has 1 aliphatic carbocycles. The van der Waals surface area contributed by atoms with E-state index < -0.39 is 0 Å². The lowest BCUT2D eigenvalue weighted by molar-refractivity contribution is 0.0176. The zero-order valence-electron chi connectivity index (χ0n) is 9.24. The first-order valence-electron chi connectivity index (χ1n) is 5.25. The molecule has 0 atom stereocenters. The fourth-order valence-electron chi connectivity index (χ4n) is 1.73. The fraction of sp³-hybridized carbons (Fsp3) is 0.455. The van der Waals surface area contributed by atoms with E-state index in [1.807, 2.05) is 0 Å². The number of amides is 1. The van der Waals surface area contributed by atoms with Crippen LogP contribution >= 0.6 is 23.2 Å². The van der Waals surface area contributed by atoms with Crippen LogP contribution in [0.15, 0.2) is 12.3 Å². The number of carbonyl (C=O) groups is 1. The van der Waals surface area contributed by atoms with Crippen molar-refractivity contribution in [1.29, 1.82) is 0 Å². The third kappa shape index (κ3) is 2.89. The predicted molar refractivity (Wildman–Crippen MR) is 65.5 cm³/mol. The molecule has 0 unspecified atom stereocenters. The number of nitrogens with one attached hydrogen (secondary N) is 1. The minimum Gasteiger partial charge on any atom is -0.381 e. The Balaban J connectivity index is 1.98. The summed E-state index contributed by atoms with van der Waals surface area (Å²) in [6.07, 6.45) is 3.28. The second-order valence-corrected chi connectivity index (χ2v) is 4.78. The summed E-state index contributed by atoms with van der Waals surface area (Å²) in [5.41, 5.74) is 0.354. The highest BCUT2D eigenvalue weighted by molar-refractivity contribution is 6.35. The van der Waals surface area contributed by atoms with E-state index in [1.54, 1.807) is 7.11 Å². The SMILES string of the molecule is COC1CC(NC(=O)c2cc(Cl)ncc2Cl)C1. The maximum Gasteiger partial charge on any atom is 0.253 e. The molecule has 1 amide bonds. The molecule has 1 N–H and O–H groups in total. The predicted octanol–water partition coefficient (Wildman–Crippen LogP) is 2.30. The molecule has 4 nitrogen and oxygen atoms in total. The average Bonchev–Trinajstić information content (AvgIpc) is 2.25. The van der Waals surface area contributed by atoms with Gasteiger partial charge in [0.15, 0.2) is 0 Å². The van der Waals surface area contributed by atoms with E-state index in [4.69, 9.17) is 27.9 Å². The Morgan fingerprint density at radius 3 is 2.88 bits per heavy atom. The number of carbonyl (C=O) groups excluding carboxylic acids is 1. The van der Waals surface area contributed by atoms with Crippen LogP contribution in [-0.4, -0.2) is 30.1 Å². The van der Waals surface area contributed by atoms with E-state index in [0.717, 1.165) is 12.8 Å². The molecule has 6 heteroatoms. The molecule has 1 fully saturated rings. The van der Waals surface area contributed by atoms with Crippen LogP contribution in [0.1, 0.15) is 23.2 Å². The van der Waals surface area contributed by atoms with E-state index in [-0.39, 0.29) is 23.2 Å². The number of pyridine rings is 1. The summed E-state index contributed by atoms with van der Waals surface area (Å²) in [5.74, 6) is -0.223. The van der Waals surface area contributed by atoms with Gasteiger partial charge < -0.3 is 10.1 Å². The van der Waals surface area contributed by atoms with Gasteiger partial charge in [-0.2, -0.15) is 0 Å². The van der Waals surface area contributed by atoms with Gasteiger partial charge in [0.1, 0.15) is 5.15 Å². The van der Waals surface area contributed by atoms with Crippen molar-refractivity contribution in [3.63, 3.8) is 0 Å². The lowest BCUT2D eigenvalue weighted by Gasteiger charge is -2.34. The molecule has 0 bridgehead atoms. The highest BCUT2D eigenvalue weighted by Gasteiger charge is 2.30. The monoisotopic (exact) mass is 274 g/mol. The Labute approximate surface area is 109 Å². The molecule has 1 saturated carbocycles. The number of methoxy groups -OCH3 is 1. The van der Waals surface area contributed by atoms with Gasteiger partial charge in [-0.3, -0.25) is 4.79 Å². The van der Waals surface area contributed by atoms with Gasteiger partial charge >= 0.3 is 0 Å². The van der Waals surface area contributed by atoms with Crippen LogP contribution in [0.25, 0.3) is 0 Å². The van der Waals surface area contributed by atoms with Crippen molar-refractivity contribution in [2.45, 2.75) is 25.0 Å². The lowest BCUT2D eigenvalue weighted by atomic mass is 9.89. The molecular formula is C11H12Cl2N2O2. The zero-order valence-corrected chi connectivity index (χ0v) is 10.8. The van der Waals surface area contributed by atoms with Gasteiger partial charge in [-0.15, -0.1) is 0 Å². The van der Waals surface area contributed by atoms with Gasteiger partial charge in [0.2, 0.25) is 0 Å². The number of hydrogen-bond donors (Lipinski definition) is 1. The van der Waals surface area contributed by atoms with Crippen LogP contribution in [0.3, 0.4) is 0 Å². The van der Waals surface area contributed by atoms with Crippen molar-refractivity contribution in [2.75, 3.05) is 7.11 Å². The van der Waals surface area contributed by atoms with Gasteiger partial charge in [-0.1, -0.05) is 23.2 Å². The Morgan fingerprint density at radius 1 is 1.53 bits per heavy atom. The summed E-state index contributed by atoms with van der Waals surface area (Å²) in [7, 11) is 1.67. The first-order valence-corrected chi connectivity index (χ1v) is 6.00. The van der Waals surface area contributed by atoms with Crippen LogP contribution in [0.2, 0.25) is 10.2 Å². The minimum absolute atomic E-state index is 0.149. The summed E-state index contributed by atoms with van der Waals surface area (Å²) >= 11 is 11.6. The van der Waals surface area contributed by atoms with E-state index in [1.165, 1.54) is 12.3 Å². The first-order chi connectivity index (χ1) is 8.10. The number of aromatic nitrogens is 1. The largest absolute Gasteiger partial charge is 0.381 e. The van der Waals surface area contributed by atoms with Crippen LogP contribution in [-0.2, 0) is 4.74 Å². The van der Waals surface area contributed by atoms with Gasteiger partial charge in [0.05, 0.1) is 16.7 Å². The standard InChI is InChI=1S/C11H12Cl2N2O2/c1-17-7-2-6(3-7)15-11(16)8-4-10(13)14-5-9(8)12/h4-7H,2-3H2,1H3,(H,15,16). The van der Waals surface area contributed by atoms with Gasteiger partial charge in [0, 0.05) is 19.3 Å². The van der Waals surface area contributed by atoms with Crippen molar-refractivity contribution < 1.29 is 9.53 Å². The third-order valence-corrected chi connectivity index (χ3v) is 3.34. The summed E-state index contributed by atoms with van der Waals surface area (Å²) in [6, 6.07) is 1.61. The zero-order chi connectivity index (χ0) is 12.4. The Bertz CT molecular complexity index is 433. The molecule has 0 aromatic carbocycles. The maximum atomic E-state index is 11.9. The third-order valence-electron chi connectivity index (χ3n) is 2.83. The van der Waals surface area contributed by atoms with Crippen LogP contribution in [0, 0.1) is 0 Å². The minimum atomic E-state index is -0.223. The first kappa shape index (κ1) is 12.6. The van der Waals surface area contributed by atoms with Gasteiger partial charge in [-0.05, 0) is 18.9 Å². The molecular weight excluding hydrogens is 263 g/mol. The summed E-state index contributed by atoms with van der Waals surface area (Å²) in [5, 5.41) is 3.43. The second-order valence-electron chi connectivity index (χ2n) is 3.99. The second kappa shape index (κ2) is 5.21. The van der Waals surface area contributed by atoms with E-state index >= 15 is 0 Å². The van der Waals surface area contributed by atoms with Crippen molar-refractivity contribution in [3.05, 3.63) is 28.0 Å². The number of hydrogen-bond acceptors (Lipinski definition) is 3. The highest BCUT2D eigenvalue weighted by atomic mass is 35.5. The van der Waals surface area contributed by atoms with Gasteiger partial charge in [0.25, 0.3) is 5.91 Å². The molecule has 1 heterocycles. The smallest absolute Gasteiger partial charge is 0.253 e. The van der Waals surface area contributed by atoms with E-state index in [2.05, 4.69) is 10.3 Å². The molecule has 2 rings (SSSR count). The normalized spacial score (nSPS) is 23.0. The molecule has 17 heavy (non-hydrogen) atoms. The molecule has 1 aromatic rings. The quantitative estimate of drug-likeness (QED) is 0.861. The molecule has 0 saturated heterocycles. The topological polar surface area (TPSA) is 51.2 Å². The molecule has 0 spiro atoms. The van der Waals surface area contributed by atoms with Crippen LogP contribution in [0.4, 0.5) is 0 Å². The fourth-order valence-corrected chi connectivity index (χ4v) is 2.07. The van der Waals surface area contributed by atoms with Crippen molar-refractivity contribution in [1.82, 2.24) is 10.3 Å². The number of nitrogens with zero attached hydrogens (tertiary/aromatic N) is 1. The molecule has 92 valence electrons. The van der Waals surface area contributed by atoms with E-state index in [9.17, 15) is 4.79 Å². The van der Waals surface area contributed by atoms with Crippen molar-refractivity contribution in [2.24, 2.45) is 0 Å². The molecule has 1 aromatic heterocycles. The molecule has 1 aliphatic rings. The summed E-state index contributed by atoms with van der Waals surface area (Å²) in [6.45, 7) is 0. The highest BCUT2D eigenvalue weighted by Crippen LogP contribution is 2.24. The number of halogens is 2. The Morgan fingerprint density at radius 2 is 2.24 bits per heavy atom. The Hall–Kier alpha value is -0.840. The Kier molecular flexibility index (Phi) is 3.86. The van der Waals surface area contributed by atoms with Crippen LogP contribution in [0.5, 0.6) is 0 Å².